The number of benzene rings is 2. The quantitative estimate of drug-likeness (QED) is 0.670. The third-order valence-corrected chi connectivity index (χ3v) is 5.78. The van der Waals surface area contributed by atoms with Crippen LogP contribution in [0.1, 0.15) is 35.9 Å². The number of likely N-dealkylation sites (tertiary alicyclic amines) is 1. The number of nitrogens with two attached hydrogens (primary N) is 1. The van der Waals surface area contributed by atoms with Crippen molar-refractivity contribution >= 4 is 12.4 Å². The highest BCUT2D eigenvalue weighted by atomic mass is 35.5. The smallest absolute Gasteiger partial charge is 0.244 e. The van der Waals surface area contributed by atoms with Crippen LogP contribution in [0, 0.1) is 18.7 Å². The lowest BCUT2D eigenvalue weighted by molar-refractivity contribution is 0.202. The molecule has 0 aliphatic carbocycles. The van der Waals surface area contributed by atoms with Crippen LogP contribution in [0.5, 0.6) is 0 Å². The van der Waals surface area contributed by atoms with Gasteiger partial charge in [0.05, 0.1) is 6.04 Å². The van der Waals surface area contributed by atoms with Crippen molar-refractivity contribution in [3.05, 3.63) is 71.4 Å². The van der Waals surface area contributed by atoms with E-state index in [-0.39, 0.29) is 24.3 Å². The molecule has 1 unspecified atom stereocenters. The number of aromatic nitrogens is 2. The molecule has 154 valence electrons. The highest BCUT2D eigenvalue weighted by Gasteiger charge is 2.36. The molecule has 3 aromatic rings. The van der Waals surface area contributed by atoms with Crippen LogP contribution in [0.4, 0.5) is 4.39 Å². The van der Waals surface area contributed by atoms with E-state index in [9.17, 15) is 4.39 Å². The standard InChI is InChI=1S/C22H25FN4O.ClH/c1-14-8-9-17(10-20(14)23)21-25-22(28-26-21)15(2)27-12-18(11-24)19(13-27)16-6-4-3-5-7-16;/h3-10,15,18-19H,11-13,24H2,1-2H3;1H/t15?,18-,19+;/m1./s1. The summed E-state index contributed by atoms with van der Waals surface area (Å²) in [4.78, 5) is 6.86. The molecule has 3 atom stereocenters. The van der Waals surface area contributed by atoms with E-state index in [1.807, 2.05) is 12.1 Å². The molecule has 5 nitrogen and oxygen atoms in total. The molecule has 0 spiro atoms. The molecule has 2 N–H and O–H groups in total. The molecule has 4 rings (SSSR count). The Morgan fingerprint density at radius 3 is 2.66 bits per heavy atom. The van der Waals surface area contributed by atoms with Crippen LogP contribution in [0.3, 0.4) is 0 Å². The maximum absolute atomic E-state index is 13.9. The van der Waals surface area contributed by atoms with Crippen molar-refractivity contribution in [2.45, 2.75) is 25.8 Å². The summed E-state index contributed by atoms with van der Waals surface area (Å²) >= 11 is 0. The van der Waals surface area contributed by atoms with Gasteiger partial charge in [-0.05, 0) is 43.5 Å². The second kappa shape index (κ2) is 9.03. The van der Waals surface area contributed by atoms with Gasteiger partial charge in [-0.2, -0.15) is 4.98 Å². The van der Waals surface area contributed by atoms with Crippen molar-refractivity contribution in [2.24, 2.45) is 11.7 Å². The fraction of sp³-hybridized carbons (Fsp3) is 0.364. The van der Waals surface area contributed by atoms with Gasteiger partial charge in [-0.25, -0.2) is 4.39 Å². The van der Waals surface area contributed by atoms with Gasteiger partial charge in [0.15, 0.2) is 0 Å². The van der Waals surface area contributed by atoms with Crippen LogP contribution in [-0.2, 0) is 0 Å². The van der Waals surface area contributed by atoms with E-state index in [4.69, 9.17) is 10.3 Å². The molecule has 0 saturated carbocycles. The van der Waals surface area contributed by atoms with Crippen LogP contribution in [0.25, 0.3) is 11.4 Å². The van der Waals surface area contributed by atoms with Crippen molar-refractivity contribution < 1.29 is 8.91 Å². The van der Waals surface area contributed by atoms with Crippen LogP contribution < -0.4 is 5.73 Å². The van der Waals surface area contributed by atoms with Gasteiger partial charge in [-0.3, -0.25) is 4.90 Å². The summed E-state index contributed by atoms with van der Waals surface area (Å²) in [5.41, 5.74) is 8.58. The maximum atomic E-state index is 13.9. The molecular formula is C22H26ClFN4O. The second-order valence-electron chi connectivity index (χ2n) is 7.56. The third kappa shape index (κ3) is 4.34. The van der Waals surface area contributed by atoms with E-state index in [2.05, 4.69) is 46.2 Å². The van der Waals surface area contributed by atoms with Crippen molar-refractivity contribution in [3.8, 4) is 11.4 Å². The number of halogens is 2. The Hall–Kier alpha value is -2.28. The lowest BCUT2D eigenvalue weighted by Gasteiger charge is -2.21. The number of aryl methyl sites for hydroxylation is 1. The average Bonchev–Trinajstić information content (AvgIpc) is 3.37. The molecule has 1 aliphatic rings. The lowest BCUT2D eigenvalue weighted by Crippen LogP contribution is -2.26. The summed E-state index contributed by atoms with van der Waals surface area (Å²) in [5.74, 6) is 1.46. The van der Waals surface area contributed by atoms with Gasteiger partial charge in [0.1, 0.15) is 5.82 Å². The molecule has 1 aliphatic heterocycles. The predicted molar refractivity (Wildman–Crippen MR) is 113 cm³/mol. The highest BCUT2D eigenvalue weighted by Crippen LogP contribution is 2.36. The largest absolute Gasteiger partial charge is 0.337 e. The zero-order valence-electron chi connectivity index (χ0n) is 16.6. The van der Waals surface area contributed by atoms with Gasteiger partial charge in [0.2, 0.25) is 11.7 Å². The first-order valence-electron chi connectivity index (χ1n) is 9.66. The van der Waals surface area contributed by atoms with Gasteiger partial charge in [-0.1, -0.05) is 47.6 Å². The Kier molecular flexibility index (Phi) is 6.67. The average molecular weight is 417 g/mol. The van der Waals surface area contributed by atoms with E-state index in [1.165, 1.54) is 11.6 Å². The molecule has 2 heterocycles. The number of nitrogens with zero attached hydrogens (tertiary/aromatic N) is 3. The molecule has 1 fully saturated rings. The molecule has 29 heavy (non-hydrogen) atoms. The minimum atomic E-state index is -0.270. The minimum absolute atomic E-state index is 0. The van der Waals surface area contributed by atoms with Gasteiger partial charge >= 0.3 is 0 Å². The SMILES string of the molecule is Cc1ccc(-c2noc(C(C)N3C[C@@H](CN)[C@H](c4ccccc4)C3)n2)cc1F.Cl. The monoisotopic (exact) mass is 416 g/mol. The highest BCUT2D eigenvalue weighted by molar-refractivity contribution is 5.85. The Balaban J connectivity index is 0.00000240. The van der Waals surface area contributed by atoms with Gasteiger partial charge < -0.3 is 10.3 Å². The molecular weight excluding hydrogens is 391 g/mol. The Morgan fingerprint density at radius 1 is 1.21 bits per heavy atom. The number of rotatable bonds is 5. The lowest BCUT2D eigenvalue weighted by atomic mass is 9.89. The van der Waals surface area contributed by atoms with Crippen molar-refractivity contribution in [1.29, 1.82) is 0 Å². The first kappa shape index (κ1) is 21.4. The van der Waals surface area contributed by atoms with Gasteiger partial charge in [0, 0.05) is 24.6 Å². The topological polar surface area (TPSA) is 68.2 Å². The molecule has 0 amide bonds. The maximum Gasteiger partial charge on any atom is 0.244 e. The van der Waals surface area contributed by atoms with Crippen molar-refractivity contribution in [3.63, 3.8) is 0 Å². The molecule has 1 saturated heterocycles. The summed E-state index contributed by atoms with van der Waals surface area (Å²) in [6, 6.07) is 15.4. The van der Waals surface area contributed by atoms with Crippen LogP contribution in [0.15, 0.2) is 53.1 Å². The minimum Gasteiger partial charge on any atom is -0.337 e. The van der Waals surface area contributed by atoms with Crippen LogP contribution in [-0.4, -0.2) is 34.7 Å². The zero-order valence-corrected chi connectivity index (χ0v) is 17.4. The molecule has 1 aromatic heterocycles. The summed E-state index contributed by atoms with van der Waals surface area (Å²) in [7, 11) is 0. The first-order chi connectivity index (χ1) is 13.6. The molecule has 7 heteroatoms. The molecule has 0 radical (unpaired) electrons. The molecule has 0 bridgehead atoms. The Morgan fingerprint density at radius 2 is 1.97 bits per heavy atom. The number of hydrogen-bond acceptors (Lipinski definition) is 5. The summed E-state index contributed by atoms with van der Waals surface area (Å²) in [5, 5.41) is 4.06. The second-order valence-corrected chi connectivity index (χ2v) is 7.56. The fourth-order valence-electron chi connectivity index (χ4n) is 3.95. The van der Waals surface area contributed by atoms with E-state index < -0.39 is 0 Å². The first-order valence-corrected chi connectivity index (χ1v) is 9.66. The van der Waals surface area contributed by atoms with E-state index in [1.54, 1.807) is 13.0 Å². The normalized spacial score (nSPS) is 20.4. The van der Waals surface area contributed by atoms with E-state index in [0.717, 1.165) is 13.1 Å². The van der Waals surface area contributed by atoms with Crippen molar-refractivity contribution in [2.75, 3.05) is 19.6 Å². The summed E-state index contributed by atoms with van der Waals surface area (Å²) in [6.07, 6.45) is 0. The van der Waals surface area contributed by atoms with E-state index >= 15 is 0 Å². The van der Waals surface area contributed by atoms with Crippen molar-refractivity contribution in [1.82, 2.24) is 15.0 Å². The van der Waals surface area contributed by atoms with E-state index in [0.29, 0.717) is 41.2 Å². The van der Waals surface area contributed by atoms with Gasteiger partial charge in [0.25, 0.3) is 0 Å². The predicted octanol–water partition coefficient (Wildman–Crippen LogP) is 4.34. The summed E-state index contributed by atoms with van der Waals surface area (Å²) in [6.45, 7) is 6.21. The Labute approximate surface area is 176 Å². The van der Waals surface area contributed by atoms with Crippen LogP contribution in [0.2, 0.25) is 0 Å². The zero-order chi connectivity index (χ0) is 19.7. The number of hydrogen-bond donors (Lipinski definition) is 1. The van der Waals surface area contributed by atoms with Gasteiger partial charge in [-0.15, -0.1) is 12.4 Å². The summed E-state index contributed by atoms with van der Waals surface area (Å²) < 4.78 is 19.4. The van der Waals surface area contributed by atoms with Crippen LogP contribution >= 0.6 is 12.4 Å². The third-order valence-electron chi connectivity index (χ3n) is 5.78. The fourth-order valence-corrected chi connectivity index (χ4v) is 3.95. The molecule has 2 aromatic carbocycles. The Bertz CT molecular complexity index is 949.